The highest BCUT2D eigenvalue weighted by Crippen LogP contribution is 2.17. The molecule has 0 saturated heterocycles. The van der Waals surface area contributed by atoms with E-state index < -0.39 is 0 Å². The van der Waals surface area contributed by atoms with Crippen molar-refractivity contribution in [3.05, 3.63) is 59.1 Å². The summed E-state index contributed by atoms with van der Waals surface area (Å²) < 4.78 is 12.5. The molecule has 1 atom stereocenters. The Kier molecular flexibility index (Phi) is 6.61. The molecule has 2 aromatic rings. The predicted octanol–water partition coefficient (Wildman–Crippen LogP) is 5.32. The van der Waals surface area contributed by atoms with E-state index in [1.807, 2.05) is 54.6 Å². The van der Waals surface area contributed by atoms with Crippen LogP contribution in [0.25, 0.3) is 0 Å². The van der Waals surface area contributed by atoms with Crippen LogP contribution in [0, 0.1) is 5.92 Å². The van der Waals surface area contributed by atoms with Gasteiger partial charge in [-0.2, -0.15) is 0 Å². The van der Waals surface area contributed by atoms with E-state index in [9.17, 15) is 0 Å². The molecule has 0 bridgehead atoms. The molecule has 2 rings (SSSR count). The monoisotopic (exact) mass is 348 g/mol. The highest BCUT2D eigenvalue weighted by molar-refractivity contribution is 9.10. The Morgan fingerprint density at radius 1 is 0.810 bits per heavy atom. The molecule has 1 unspecified atom stereocenters. The minimum atomic E-state index is 0.587. The van der Waals surface area contributed by atoms with Crippen molar-refractivity contribution in [3.63, 3.8) is 0 Å². The van der Waals surface area contributed by atoms with E-state index in [2.05, 4.69) is 22.9 Å². The van der Waals surface area contributed by atoms with Crippen molar-refractivity contribution in [2.45, 2.75) is 19.8 Å². The maximum atomic E-state index is 5.73. The Bertz CT molecular complexity index is 511. The SMILES string of the molecule is CC(CCOc1ccccc1)CCOc1ccc(Br)cc1. The molecular weight excluding hydrogens is 328 g/mol. The van der Waals surface area contributed by atoms with Gasteiger partial charge in [0, 0.05) is 4.47 Å². The second-order valence-corrected chi connectivity index (χ2v) is 6.06. The average molecular weight is 349 g/mol. The fourth-order valence-corrected chi connectivity index (χ4v) is 2.21. The summed E-state index contributed by atoms with van der Waals surface area (Å²) in [6.07, 6.45) is 2.08. The van der Waals surface area contributed by atoms with Crippen LogP contribution in [0.2, 0.25) is 0 Å². The number of hydrogen-bond acceptors (Lipinski definition) is 2. The Labute approximate surface area is 135 Å². The van der Waals surface area contributed by atoms with Crippen LogP contribution in [-0.4, -0.2) is 13.2 Å². The largest absolute Gasteiger partial charge is 0.494 e. The highest BCUT2D eigenvalue weighted by atomic mass is 79.9. The van der Waals surface area contributed by atoms with Gasteiger partial charge in [-0.25, -0.2) is 0 Å². The topological polar surface area (TPSA) is 18.5 Å². The van der Waals surface area contributed by atoms with Gasteiger partial charge in [-0.3, -0.25) is 0 Å². The molecular formula is C18H21BrO2. The van der Waals surface area contributed by atoms with Gasteiger partial charge in [0.15, 0.2) is 0 Å². The predicted molar refractivity (Wildman–Crippen MR) is 90.0 cm³/mol. The molecule has 3 heteroatoms. The summed E-state index contributed by atoms with van der Waals surface area (Å²) >= 11 is 3.42. The Balaban J connectivity index is 1.59. The van der Waals surface area contributed by atoms with E-state index in [4.69, 9.17) is 9.47 Å². The van der Waals surface area contributed by atoms with E-state index in [1.54, 1.807) is 0 Å². The minimum Gasteiger partial charge on any atom is -0.494 e. The standard InChI is InChI=1S/C18H21BrO2/c1-15(11-13-20-17-5-3-2-4-6-17)12-14-21-18-9-7-16(19)8-10-18/h2-10,15H,11-14H2,1H3. The van der Waals surface area contributed by atoms with Crippen molar-refractivity contribution in [1.29, 1.82) is 0 Å². The molecule has 0 aliphatic rings. The smallest absolute Gasteiger partial charge is 0.119 e. The van der Waals surface area contributed by atoms with Gasteiger partial charge >= 0.3 is 0 Å². The molecule has 2 nitrogen and oxygen atoms in total. The normalized spacial score (nSPS) is 11.9. The highest BCUT2D eigenvalue weighted by Gasteiger charge is 2.03. The summed E-state index contributed by atoms with van der Waals surface area (Å²) in [5, 5.41) is 0. The fourth-order valence-electron chi connectivity index (χ4n) is 1.95. The third kappa shape index (κ3) is 6.21. The summed E-state index contributed by atoms with van der Waals surface area (Å²) in [6, 6.07) is 17.9. The van der Waals surface area contributed by atoms with Crippen LogP contribution >= 0.6 is 15.9 Å². The first-order valence-corrected chi connectivity index (χ1v) is 8.09. The van der Waals surface area contributed by atoms with Gasteiger partial charge in [0.25, 0.3) is 0 Å². The van der Waals surface area contributed by atoms with Crippen LogP contribution < -0.4 is 9.47 Å². The maximum Gasteiger partial charge on any atom is 0.119 e. The molecule has 0 N–H and O–H groups in total. The number of rotatable bonds is 8. The molecule has 0 saturated carbocycles. The van der Waals surface area contributed by atoms with E-state index in [1.165, 1.54) is 0 Å². The van der Waals surface area contributed by atoms with E-state index in [0.717, 1.165) is 42.0 Å². The second-order valence-electron chi connectivity index (χ2n) is 5.15. The molecule has 112 valence electrons. The van der Waals surface area contributed by atoms with Crippen LogP contribution in [0.15, 0.2) is 59.1 Å². The lowest BCUT2D eigenvalue weighted by Gasteiger charge is -2.13. The number of benzene rings is 2. The molecule has 21 heavy (non-hydrogen) atoms. The summed E-state index contributed by atoms with van der Waals surface area (Å²) in [6.45, 7) is 3.73. The zero-order chi connectivity index (χ0) is 14.9. The van der Waals surface area contributed by atoms with Crippen molar-refractivity contribution in [1.82, 2.24) is 0 Å². The minimum absolute atomic E-state index is 0.587. The molecule has 0 aliphatic heterocycles. The zero-order valence-electron chi connectivity index (χ0n) is 12.3. The van der Waals surface area contributed by atoms with Gasteiger partial charge in [0.2, 0.25) is 0 Å². The first-order valence-electron chi connectivity index (χ1n) is 7.30. The fraction of sp³-hybridized carbons (Fsp3) is 0.333. The first kappa shape index (κ1) is 15.9. The number of halogens is 1. The van der Waals surface area contributed by atoms with Gasteiger partial charge in [0.05, 0.1) is 13.2 Å². The molecule has 2 aromatic carbocycles. The molecule has 0 radical (unpaired) electrons. The Morgan fingerprint density at radius 2 is 1.33 bits per heavy atom. The third-order valence-corrected chi connectivity index (χ3v) is 3.84. The summed E-state index contributed by atoms with van der Waals surface area (Å²) in [7, 11) is 0. The summed E-state index contributed by atoms with van der Waals surface area (Å²) in [5.74, 6) is 2.45. The molecule has 0 fully saturated rings. The lowest BCUT2D eigenvalue weighted by Crippen LogP contribution is -2.08. The van der Waals surface area contributed by atoms with Crippen LogP contribution in [0.4, 0.5) is 0 Å². The zero-order valence-corrected chi connectivity index (χ0v) is 13.9. The van der Waals surface area contributed by atoms with E-state index in [-0.39, 0.29) is 0 Å². The summed E-state index contributed by atoms with van der Waals surface area (Å²) in [4.78, 5) is 0. The lowest BCUT2D eigenvalue weighted by molar-refractivity contribution is 0.245. The van der Waals surface area contributed by atoms with Crippen molar-refractivity contribution in [2.24, 2.45) is 5.92 Å². The van der Waals surface area contributed by atoms with Gasteiger partial charge < -0.3 is 9.47 Å². The van der Waals surface area contributed by atoms with Crippen molar-refractivity contribution < 1.29 is 9.47 Å². The second kappa shape index (κ2) is 8.73. The molecule has 0 heterocycles. The van der Waals surface area contributed by atoms with Gasteiger partial charge in [-0.15, -0.1) is 0 Å². The van der Waals surface area contributed by atoms with Crippen LogP contribution in [0.5, 0.6) is 11.5 Å². The van der Waals surface area contributed by atoms with Gasteiger partial charge in [-0.05, 0) is 55.2 Å². The van der Waals surface area contributed by atoms with E-state index >= 15 is 0 Å². The van der Waals surface area contributed by atoms with Crippen LogP contribution in [-0.2, 0) is 0 Å². The van der Waals surface area contributed by atoms with Crippen LogP contribution in [0.3, 0.4) is 0 Å². The Morgan fingerprint density at radius 3 is 1.90 bits per heavy atom. The quantitative estimate of drug-likeness (QED) is 0.642. The number of ether oxygens (including phenoxy) is 2. The molecule has 0 spiro atoms. The van der Waals surface area contributed by atoms with Crippen molar-refractivity contribution in [3.8, 4) is 11.5 Å². The van der Waals surface area contributed by atoms with E-state index in [0.29, 0.717) is 5.92 Å². The van der Waals surface area contributed by atoms with Gasteiger partial charge in [0.1, 0.15) is 11.5 Å². The van der Waals surface area contributed by atoms with Gasteiger partial charge in [-0.1, -0.05) is 41.1 Å². The molecule has 0 aromatic heterocycles. The number of hydrogen-bond donors (Lipinski definition) is 0. The van der Waals surface area contributed by atoms with Crippen molar-refractivity contribution in [2.75, 3.05) is 13.2 Å². The number of para-hydroxylation sites is 1. The lowest BCUT2D eigenvalue weighted by atomic mass is 10.1. The maximum absolute atomic E-state index is 5.73. The first-order chi connectivity index (χ1) is 10.2. The van der Waals surface area contributed by atoms with Crippen molar-refractivity contribution >= 4 is 15.9 Å². The molecule has 0 aliphatic carbocycles. The summed E-state index contributed by atoms with van der Waals surface area (Å²) in [5.41, 5.74) is 0. The average Bonchev–Trinajstić information content (AvgIpc) is 2.50. The van der Waals surface area contributed by atoms with Crippen LogP contribution in [0.1, 0.15) is 19.8 Å². The third-order valence-electron chi connectivity index (χ3n) is 3.32. The Hall–Kier alpha value is -1.48. The molecule has 0 amide bonds.